The molecule has 0 spiro atoms. The highest BCUT2D eigenvalue weighted by molar-refractivity contribution is 5.77. The van der Waals surface area contributed by atoms with Gasteiger partial charge in [-0.2, -0.15) is 0 Å². The highest BCUT2D eigenvalue weighted by Gasteiger charge is 2.14. The maximum absolute atomic E-state index is 10.9. The Bertz CT molecular complexity index is 163. The van der Waals surface area contributed by atoms with Crippen molar-refractivity contribution in [1.29, 1.82) is 0 Å². The maximum Gasteiger partial charge on any atom is 0.307 e. The number of ether oxygens (including phenoxy) is 1. The van der Waals surface area contributed by atoms with Crippen LogP contribution >= 0.6 is 0 Å². The molecule has 0 aromatic carbocycles. The van der Waals surface area contributed by atoms with E-state index in [0.29, 0.717) is 6.42 Å². The Kier molecular flexibility index (Phi) is 5.88. The molecule has 76 valence electrons. The summed E-state index contributed by atoms with van der Waals surface area (Å²) in [4.78, 5) is 21.6. The van der Waals surface area contributed by atoms with Crippen LogP contribution in [0.2, 0.25) is 0 Å². The van der Waals surface area contributed by atoms with Crippen LogP contribution in [-0.2, 0) is 14.3 Å². The predicted molar refractivity (Wildman–Crippen MR) is 45.9 cm³/mol. The van der Waals surface area contributed by atoms with Crippen molar-refractivity contribution in [1.82, 2.24) is 5.32 Å². The standard InChI is InChI=1S/C8H15NO4/c1-3-7(11)9-6(5-10)4-8(12)13-2/h6,10H,3-5H2,1-2H3,(H,9,11). The van der Waals surface area contributed by atoms with E-state index < -0.39 is 12.0 Å². The smallest absolute Gasteiger partial charge is 0.307 e. The molecule has 5 nitrogen and oxygen atoms in total. The van der Waals surface area contributed by atoms with E-state index in [0.717, 1.165) is 0 Å². The van der Waals surface area contributed by atoms with Crippen LogP contribution in [0.1, 0.15) is 19.8 Å². The Labute approximate surface area is 77.1 Å². The van der Waals surface area contributed by atoms with Gasteiger partial charge in [-0.15, -0.1) is 0 Å². The molecule has 0 radical (unpaired) electrons. The molecule has 0 aliphatic heterocycles. The zero-order chi connectivity index (χ0) is 10.3. The summed E-state index contributed by atoms with van der Waals surface area (Å²) >= 11 is 0. The topological polar surface area (TPSA) is 75.6 Å². The Balaban J connectivity index is 3.89. The van der Waals surface area contributed by atoms with Crippen molar-refractivity contribution in [2.45, 2.75) is 25.8 Å². The first-order valence-corrected chi connectivity index (χ1v) is 4.11. The van der Waals surface area contributed by atoms with E-state index >= 15 is 0 Å². The van der Waals surface area contributed by atoms with Crippen LogP contribution in [0.15, 0.2) is 0 Å². The number of aliphatic hydroxyl groups excluding tert-OH is 1. The predicted octanol–water partition coefficient (Wildman–Crippen LogP) is -0.563. The minimum atomic E-state index is -0.542. The number of amides is 1. The molecule has 0 aliphatic carbocycles. The molecule has 0 aromatic rings. The molecule has 2 N–H and O–H groups in total. The van der Waals surface area contributed by atoms with Gasteiger partial charge in [-0.3, -0.25) is 9.59 Å². The summed E-state index contributed by atoms with van der Waals surface area (Å²) in [7, 11) is 1.26. The van der Waals surface area contributed by atoms with E-state index in [1.807, 2.05) is 0 Å². The minimum absolute atomic E-state index is 0.00125. The van der Waals surface area contributed by atoms with Gasteiger partial charge >= 0.3 is 5.97 Å². The van der Waals surface area contributed by atoms with Gasteiger partial charge in [0, 0.05) is 6.42 Å². The molecule has 13 heavy (non-hydrogen) atoms. The zero-order valence-electron chi connectivity index (χ0n) is 7.87. The van der Waals surface area contributed by atoms with Gasteiger partial charge in [-0.05, 0) is 0 Å². The number of carbonyl (C=O) groups excluding carboxylic acids is 2. The third-order valence-corrected chi connectivity index (χ3v) is 1.55. The van der Waals surface area contributed by atoms with Gasteiger partial charge in [0.2, 0.25) is 5.91 Å². The fourth-order valence-corrected chi connectivity index (χ4v) is 0.775. The molecule has 5 heteroatoms. The van der Waals surface area contributed by atoms with Crippen molar-refractivity contribution in [2.75, 3.05) is 13.7 Å². The van der Waals surface area contributed by atoms with Crippen LogP contribution in [0.25, 0.3) is 0 Å². The molecule has 0 bridgehead atoms. The van der Waals surface area contributed by atoms with Crippen molar-refractivity contribution in [3.63, 3.8) is 0 Å². The van der Waals surface area contributed by atoms with Gasteiger partial charge in [-0.25, -0.2) is 0 Å². The highest BCUT2D eigenvalue weighted by Crippen LogP contribution is 1.94. The quantitative estimate of drug-likeness (QED) is 0.568. The largest absolute Gasteiger partial charge is 0.469 e. The number of esters is 1. The van der Waals surface area contributed by atoms with Crippen LogP contribution in [0.3, 0.4) is 0 Å². The molecule has 0 aliphatic rings. The average Bonchev–Trinajstić information content (AvgIpc) is 2.16. The summed E-state index contributed by atoms with van der Waals surface area (Å²) in [5.41, 5.74) is 0. The fraction of sp³-hybridized carbons (Fsp3) is 0.750. The molecular weight excluding hydrogens is 174 g/mol. The summed E-state index contributed by atoms with van der Waals surface area (Å²) in [6.45, 7) is 1.43. The van der Waals surface area contributed by atoms with Gasteiger partial charge < -0.3 is 15.2 Å². The lowest BCUT2D eigenvalue weighted by molar-refractivity contribution is -0.141. The SMILES string of the molecule is CCC(=O)NC(CO)CC(=O)OC. The van der Waals surface area contributed by atoms with Crippen molar-refractivity contribution >= 4 is 11.9 Å². The molecular formula is C8H15NO4. The first kappa shape index (κ1) is 11.9. The fourth-order valence-electron chi connectivity index (χ4n) is 0.775. The lowest BCUT2D eigenvalue weighted by Gasteiger charge is -2.13. The number of aliphatic hydroxyl groups is 1. The molecule has 1 atom stereocenters. The van der Waals surface area contributed by atoms with Crippen molar-refractivity contribution < 1.29 is 19.4 Å². The molecule has 0 heterocycles. The van der Waals surface area contributed by atoms with Gasteiger partial charge in [0.1, 0.15) is 0 Å². The highest BCUT2D eigenvalue weighted by atomic mass is 16.5. The Morgan fingerprint density at radius 1 is 1.54 bits per heavy atom. The number of nitrogens with one attached hydrogen (secondary N) is 1. The van der Waals surface area contributed by atoms with Crippen LogP contribution < -0.4 is 5.32 Å². The van der Waals surface area contributed by atoms with E-state index in [2.05, 4.69) is 10.1 Å². The normalized spacial score (nSPS) is 11.9. The van der Waals surface area contributed by atoms with Crippen molar-refractivity contribution in [3.8, 4) is 0 Å². The van der Waals surface area contributed by atoms with Crippen molar-refractivity contribution in [3.05, 3.63) is 0 Å². The molecule has 1 unspecified atom stereocenters. The third-order valence-electron chi connectivity index (χ3n) is 1.55. The molecule has 0 fully saturated rings. The van der Waals surface area contributed by atoms with Crippen LogP contribution in [0.4, 0.5) is 0 Å². The second-order valence-electron chi connectivity index (χ2n) is 2.58. The Morgan fingerprint density at radius 2 is 2.15 bits per heavy atom. The van der Waals surface area contributed by atoms with Gasteiger partial charge in [-0.1, -0.05) is 6.92 Å². The summed E-state index contributed by atoms with van der Waals surface area (Å²) in [6, 6.07) is -0.542. The maximum atomic E-state index is 10.9. The van der Waals surface area contributed by atoms with E-state index in [4.69, 9.17) is 5.11 Å². The number of hydrogen-bond acceptors (Lipinski definition) is 4. The van der Waals surface area contributed by atoms with E-state index in [1.165, 1.54) is 7.11 Å². The third kappa shape index (κ3) is 5.19. The first-order valence-electron chi connectivity index (χ1n) is 4.11. The summed E-state index contributed by atoms with van der Waals surface area (Å²) in [6.07, 6.45) is 0.330. The molecule has 1 amide bonds. The lowest BCUT2D eigenvalue weighted by Crippen LogP contribution is -2.38. The number of carbonyl (C=O) groups is 2. The van der Waals surface area contributed by atoms with Crippen LogP contribution in [-0.4, -0.2) is 36.7 Å². The number of hydrogen-bond donors (Lipinski definition) is 2. The molecule has 0 aromatic heterocycles. The van der Waals surface area contributed by atoms with Gasteiger partial charge in [0.05, 0.1) is 26.2 Å². The number of methoxy groups -OCH3 is 1. The van der Waals surface area contributed by atoms with Gasteiger partial charge in [0.15, 0.2) is 0 Å². The van der Waals surface area contributed by atoms with E-state index in [9.17, 15) is 9.59 Å². The summed E-state index contributed by atoms with van der Waals surface area (Å²) in [5, 5.41) is 11.3. The Hall–Kier alpha value is -1.10. The zero-order valence-corrected chi connectivity index (χ0v) is 7.87. The second kappa shape index (κ2) is 6.42. The number of rotatable bonds is 5. The average molecular weight is 189 g/mol. The minimum Gasteiger partial charge on any atom is -0.469 e. The molecule has 0 saturated heterocycles. The second-order valence-corrected chi connectivity index (χ2v) is 2.58. The molecule has 0 saturated carbocycles. The van der Waals surface area contributed by atoms with Crippen LogP contribution in [0, 0.1) is 0 Å². The van der Waals surface area contributed by atoms with Crippen LogP contribution in [0.5, 0.6) is 0 Å². The summed E-state index contributed by atoms with van der Waals surface area (Å²) < 4.78 is 4.40. The molecule has 0 rings (SSSR count). The first-order chi connectivity index (χ1) is 6.13. The van der Waals surface area contributed by atoms with E-state index in [-0.39, 0.29) is 18.9 Å². The van der Waals surface area contributed by atoms with E-state index in [1.54, 1.807) is 6.92 Å². The lowest BCUT2D eigenvalue weighted by atomic mass is 10.2. The Morgan fingerprint density at radius 3 is 2.54 bits per heavy atom. The summed E-state index contributed by atoms with van der Waals surface area (Å²) in [5.74, 6) is -0.640. The van der Waals surface area contributed by atoms with Crippen molar-refractivity contribution in [2.24, 2.45) is 0 Å². The van der Waals surface area contributed by atoms with Gasteiger partial charge in [0.25, 0.3) is 0 Å². The monoisotopic (exact) mass is 189 g/mol.